The van der Waals surface area contributed by atoms with Gasteiger partial charge in [-0.2, -0.15) is 0 Å². The number of unbranched alkanes of at least 4 members (excludes halogenated alkanes) is 4. The first-order valence-corrected chi connectivity index (χ1v) is 8.64. The second-order valence-electron chi connectivity index (χ2n) is 5.99. The predicted molar refractivity (Wildman–Crippen MR) is 86.1 cm³/mol. The number of halogens is 1. The number of hydrogen-bond donors (Lipinski definition) is 2. The molecule has 2 N–H and O–H groups in total. The first kappa shape index (κ1) is 19.2. The van der Waals surface area contributed by atoms with E-state index in [1.807, 2.05) is 0 Å². The van der Waals surface area contributed by atoms with E-state index in [0.29, 0.717) is 13.0 Å². The molecule has 1 rings (SSSR count). The van der Waals surface area contributed by atoms with Gasteiger partial charge in [-0.1, -0.05) is 19.3 Å². The number of methoxy groups -OCH3 is 1. The molecule has 3 atom stereocenters. The molecule has 0 aromatic rings. The van der Waals surface area contributed by atoms with Gasteiger partial charge in [-0.05, 0) is 32.1 Å². The molecule has 1 saturated carbocycles. The second-order valence-corrected chi connectivity index (χ2v) is 6.61. The Hall–Kier alpha value is -0.810. The number of aliphatic carboxylic acids is 1. The molecule has 0 aromatic heterocycles. The van der Waals surface area contributed by atoms with Gasteiger partial charge in [0.1, 0.15) is 0 Å². The summed E-state index contributed by atoms with van der Waals surface area (Å²) in [5.41, 5.74) is 0. The van der Waals surface area contributed by atoms with Gasteiger partial charge in [0.2, 0.25) is 5.91 Å². The summed E-state index contributed by atoms with van der Waals surface area (Å²) in [6, 6.07) is 0. The minimum atomic E-state index is -0.731. The van der Waals surface area contributed by atoms with Crippen LogP contribution in [0.5, 0.6) is 0 Å². The fourth-order valence-corrected chi connectivity index (χ4v) is 3.24. The third kappa shape index (κ3) is 7.45. The second kappa shape index (κ2) is 10.8. The highest BCUT2D eigenvalue weighted by Gasteiger charge is 2.34. The van der Waals surface area contributed by atoms with Gasteiger partial charge in [-0.25, -0.2) is 0 Å². The average molecular weight is 334 g/mol. The maximum Gasteiger partial charge on any atom is 0.303 e. The highest BCUT2D eigenvalue weighted by molar-refractivity contribution is 6.20. The molecule has 0 radical (unpaired) electrons. The van der Waals surface area contributed by atoms with Gasteiger partial charge in [-0.15, -0.1) is 11.6 Å². The van der Waals surface area contributed by atoms with Crippen LogP contribution in [0.2, 0.25) is 0 Å². The Morgan fingerprint density at radius 3 is 2.55 bits per heavy atom. The van der Waals surface area contributed by atoms with Crippen LogP contribution in [0.25, 0.3) is 0 Å². The lowest BCUT2D eigenvalue weighted by Crippen LogP contribution is -2.42. The number of alkyl halides is 1. The molecule has 128 valence electrons. The van der Waals surface area contributed by atoms with Gasteiger partial charge < -0.3 is 15.2 Å². The Labute approximate surface area is 137 Å². The topological polar surface area (TPSA) is 75.6 Å². The fourth-order valence-electron chi connectivity index (χ4n) is 2.92. The zero-order valence-corrected chi connectivity index (χ0v) is 14.1. The Bertz CT molecular complexity index is 351. The van der Waals surface area contributed by atoms with Crippen molar-refractivity contribution in [2.45, 2.75) is 69.3 Å². The molecule has 0 heterocycles. The van der Waals surface area contributed by atoms with E-state index in [0.717, 1.165) is 44.9 Å². The van der Waals surface area contributed by atoms with Crippen LogP contribution in [0.3, 0.4) is 0 Å². The number of carbonyl (C=O) groups excluding carboxylic acids is 1. The van der Waals surface area contributed by atoms with Gasteiger partial charge in [0.25, 0.3) is 0 Å². The molecular formula is C16H28ClNO4. The number of carboxylic acids is 1. The maximum atomic E-state index is 12.2. The highest BCUT2D eigenvalue weighted by Crippen LogP contribution is 2.30. The van der Waals surface area contributed by atoms with Crippen molar-refractivity contribution in [2.75, 3.05) is 13.7 Å². The monoisotopic (exact) mass is 333 g/mol. The van der Waals surface area contributed by atoms with Crippen LogP contribution in [0.4, 0.5) is 0 Å². The first-order chi connectivity index (χ1) is 10.5. The van der Waals surface area contributed by atoms with Crippen molar-refractivity contribution in [1.82, 2.24) is 5.32 Å². The van der Waals surface area contributed by atoms with Gasteiger partial charge in [0, 0.05) is 25.5 Å². The molecule has 1 amide bonds. The van der Waals surface area contributed by atoms with Crippen LogP contribution in [0, 0.1) is 5.92 Å². The Kier molecular flexibility index (Phi) is 9.48. The van der Waals surface area contributed by atoms with E-state index in [1.54, 1.807) is 7.11 Å². The first-order valence-electron chi connectivity index (χ1n) is 8.21. The van der Waals surface area contributed by atoms with Crippen molar-refractivity contribution in [2.24, 2.45) is 5.92 Å². The molecule has 0 bridgehead atoms. The quantitative estimate of drug-likeness (QED) is 0.476. The van der Waals surface area contributed by atoms with Crippen LogP contribution in [0.1, 0.15) is 57.8 Å². The minimum Gasteiger partial charge on any atom is -0.481 e. The normalized spacial score (nSPS) is 24.9. The predicted octanol–water partition coefficient (Wildman–Crippen LogP) is 2.95. The summed E-state index contributed by atoms with van der Waals surface area (Å²) in [6.45, 7) is 0.664. The van der Waals surface area contributed by atoms with Crippen LogP contribution >= 0.6 is 11.6 Å². The molecule has 6 heteroatoms. The lowest BCUT2D eigenvalue weighted by molar-refractivity contribution is -0.137. The van der Waals surface area contributed by atoms with Gasteiger partial charge in [0.15, 0.2) is 0 Å². The number of rotatable bonds is 10. The van der Waals surface area contributed by atoms with E-state index in [-0.39, 0.29) is 29.7 Å². The third-order valence-corrected chi connectivity index (χ3v) is 4.63. The standard InChI is InChI=1S/C16H28ClNO4/c1-22-14-9-8-12(17)11-13(14)16(21)18-10-6-4-2-3-5-7-15(19)20/h12-14H,2-11H2,1H3,(H,18,21)(H,19,20). The number of carboxylic acid groups (broad SMARTS) is 1. The zero-order valence-electron chi connectivity index (χ0n) is 13.4. The molecule has 0 aromatic carbocycles. The number of nitrogens with one attached hydrogen (secondary N) is 1. The van der Waals surface area contributed by atoms with E-state index in [9.17, 15) is 9.59 Å². The Morgan fingerprint density at radius 1 is 1.18 bits per heavy atom. The minimum absolute atomic E-state index is 0.0222. The van der Waals surface area contributed by atoms with Crippen LogP contribution in [-0.4, -0.2) is 42.1 Å². The van der Waals surface area contributed by atoms with Crippen LogP contribution in [0.15, 0.2) is 0 Å². The van der Waals surface area contributed by atoms with E-state index in [4.69, 9.17) is 21.4 Å². The summed E-state index contributed by atoms with van der Waals surface area (Å²) in [6.07, 6.45) is 7.26. The van der Waals surface area contributed by atoms with Crippen molar-refractivity contribution in [3.05, 3.63) is 0 Å². The largest absolute Gasteiger partial charge is 0.481 e. The van der Waals surface area contributed by atoms with E-state index < -0.39 is 5.97 Å². The number of ether oxygens (including phenoxy) is 1. The Morgan fingerprint density at radius 2 is 1.86 bits per heavy atom. The van der Waals surface area contributed by atoms with Crippen molar-refractivity contribution < 1.29 is 19.4 Å². The summed E-state index contributed by atoms with van der Waals surface area (Å²) >= 11 is 6.15. The molecule has 22 heavy (non-hydrogen) atoms. The SMILES string of the molecule is COC1CCC(Cl)CC1C(=O)NCCCCCCCC(=O)O. The van der Waals surface area contributed by atoms with E-state index >= 15 is 0 Å². The van der Waals surface area contributed by atoms with E-state index in [1.165, 1.54) is 0 Å². The van der Waals surface area contributed by atoms with Gasteiger partial charge in [-0.3, -0.25) is 9.59 Å². The van der Waals surface area contributed by atoms with Crippen LogP contribution < -0.4 is 5.32 Å². The summed E-state index contributed by atoms with van der Waals surface area (Å²) < 4.78 is 5.40. The molecule has 0 saturated heterocycles. The smallest absolute Gasteiger partial charge is 0.303 e. The maximum absolute atomic E-state index is 12.2. The number of carbonyl (C=O) groups is 2. The summed E-state index contributed by atoms with van der Waals surface area (Å²) in [4.78, 5) is 22.6. The summed E-state index contributed by atoms with van der Waals surface area (Å²) in [5, 5.41) is 11.6. The fraction of sp³-hybridized carbons (Fsp3) is 0.875. The molecule has 3 unspecified atom stereocenters. The van der Waals surface area contributed by atoms with Gasteiger partial charge in [0.05, 0.1) is 12.0 Å². The number of hydrogen-bond acceptors (Lipinski definition) is 3. The molecule has 0 spiro atoms. The number of amides is 1. The Balaban J connectivity index is 2.10. The van der Waals surface area contributed by atoms with Crippen molar-refractivity contribution in [1.29, 1.82) is 0 Å². The average Bonchev–Trinajstić information content (AvgIpc) is 2.49. The highest BCUT2D eigenvalue weighted by atomic mass is 35.5. The van der Waals surface area contributed by atoms with Crippen molar-refractivity contribution >= 4 is 23.5 Å². The lowest BCUT2D eigenvalue weighted by atomic mass is 9.85. The van der Waals surface area contributed by atoms with Crippen molar-refractivity contribution in [3.8, 4) is 0 Å². The summed E-state index contributed by atoms with van der Waals surface area (Å²) in [5.74, 6) is -0.829. The zero-order chi connectivity index (χ0) is 16.4. The van der Waals surface area contributed by atoms with Gasteiger partial charge >= 0.3 is 5.97 Å². The molecule has 0 aliphatic heterocycles. The molecule has 1 fully saturated rings. The lowest BCUT2D eigenvalue weighted by Gasteiger charge is -2.31. The van der Waals surface area contributed by atoms with Crippen LogP contribution in [-0.2, 0) is 14.3 Å². The summed E-state index contributed by atoms with van der Waals surface area (Å²) in [7, 11) is 1.65. The molecular weight excluding hydrogens is 306 g/mol. The van der Waals surface area contributed by atoms with Crippen molar-refractivity contribution in [3.63, 3.8) is 0 Å². The molecule has 5 nitrogen and oxygen atoms in total. The van der Waals surface area contributed by atoms with E-state index in [2.05, 4.69) is 5.32 Å². The molecule has 1 aliphatic rings. The third-order valence-electron chi connectivity index (χ3n) is 4.23. The molecule has 1 aliphatic carbocycles.